The van der Waals surface area contributed by atoms with Gasteiger partial charge in [-0.15, -0.1) is 11.3 Å². The second-order valence-corrected chi connectivity index (χ2v) is 7.79. The summed E-state index contributed by atoms with van der Waals surface area (Å²) in [5.74, 6) is -0.956. The third-order valence-corrected chi connectivity index (χ3v) is 5.95. The number of hydrogen-bond donors (Lipinski definition) is 0. The van der Waals surface area contributed by atoms with Crippen LogP contribution in [0, 0.1) is 6.92 Å². The van der Waals surface area contributed by atoms with Crippen molar-refractivity contribution in [1.29, 1.82) is 0 Å². The maximum absolute atomic E-state index is 12.8. The normalized spacial score (nSPS) is 14.9. The highest BCUT2D eigenvalue weighted by Gasteiger charge is 2.22. The summed E-state index contributed by atoms with van der Waals surface area (Å²) in [4.78, 5) is 42.3. The first kappa shape index (κ1) is 20.5. The fraction of sp³-hybridized carbons (Fsp3) is 0.579. The Hall–Kier alpha value is -2.26. The monoisotopic (exact) mass is 408 g/mol. The van der Waals surface area contributed by atoms with E-state index in [0.29, 0.717) is 27.3 Å². The fourth-order valence-electron chi connectivity index (χ4n) is 3.29. The summed E-state index contributed by atoms with van der Waals surface area (Å²) in [6, 6.07) is 0. The van der Waals surface area contributed by atoms with E-state index in [9.17, 15) is 14.4 Å². The van der Waals surface area contributed by atoms with Gasteiger partial charge in [0, 0.05) is 7.11 Å². The van der Waals surface area contributed by atoms with E-state index in [2.05, 4.69) is 4.98 Å². The number of aryl methyl sites for hydroxylation is 1. The number of esters is 2. The summed E-state index contributed by atoms with van der Waals surface area (Å²) in [7, 11) is 1.52. The number of thiophene rings is 1. The lowest BCUT2D eigenvalue weighted by Gasteiger charge is -2.21. The Balaban J connectivity index is 1.76. The summed E-state index contributed by atoms with van der Waals surface area (Å²) in [5.41, 5.74) is 0.144. The molecule has 0 radical (unpaired) electrons. The quantitative estimate of drug-likeness (QED) is 0.513. The Morgan fingerprint density at radius 3 is 2.71 bits per heavy atom. The number of methoxy groups -OCH3 is 1. The molecule has 1 aliphatic rings. The molecule has 152 valence electrons. The minimum atomic E-state index is -0.514. The van der Waals surface area contributed by atoms with Gasteiger partial charge >= 0.3 is 11.9 Å². The smallest absolute Gasteiger partial charge is 0.348 e. The van der Waals surface area contributed by atoms with Gasteiger partial charge < -0.3 is 14.2 Å². The summed E-state index contributed by atoms with van der Waals surface area (Å²) < 4.78 is 16.7. The average molecular weight is 408 g/mol. The summed E-state index contributed by atoms with van der Waals surface area (Å²) in [6.07, 6.45) is 6.28. The van der Waals surface area contributed by atoms with Crippen LogP contribution in [0.3, 0.4) is 0 Å². The molecule has 1 saturated carbocycles. The molecule has 0 amide bonds. The first-order valence-electron chi connectivity index (χ1n) is 9.35. The third kappa shape index (κ3) is 4.59. The predicted octanol–water partition coefficient (Wildman–Crippen LogP) is 2.45. The summed E-state index contributed by atoms with van der Waals surface area (Å²) >= 11 is 1.10. The van der Waals surface area contributed by atoms with Gasteiger partial charge in [-0.25, -0.2) is 9.78 Å². The van der Waals surface area contributed by atoms with Crippen LogP contribution in [0.4, 0.5) is 0 Å². The van der Waals surface area contributed by atoms with Crippen molar-refractivity contribution in [3.63, 3.8) is 0 Å². The van der Waals surface area contributed by atoms with Crippen LogP contribution < -0.4 is 5.56 Å². The van der Waals surface area contributed by atoms with Crippen molar-refractivity contribution in [2.75, 3.05) is 20.3 Å². The van der Waals surface area contributed by atoms with Crippen molar-refractivity contribution in [1.82, 2.24) is 9.55 Å². The zero-order chi connectivity index (χ0) is 20.1. The number of aromatic nitrogens is 2. The molecule has 8 nitrogen and oxygen atoms in total. The number of fused-ring (bicyclic) bond motifs is 1. The molecule has 2 aromatic rings. The van der Waals surface area contributed by atoms with Crippen molar-refractivity contribution >= 4 is 33.5 Å². The molecule has 1 aliphatic carbocycles. The van der Waals surface area contributed by atoms with Gasteiger partial charge in [-0.2, -0.15) is 0 Å². The molecule has 1 fully saturated rings. The first-order valence-corrected chi connectivity index (χ1v) is 10.2. The van der Waals surface area contributed by atoms with Gasteiger partial charge in [0.1, 0.15) is 29.0 Å². The molecule has 3 rings (SSSR count). The van der Waals surface area contributed by atoms with Gasteiger partial charge in [0.25, 0.3) is 5.56 Å². The Kier molecular flexibility index (Phi) is 6.79. The topological polar surface area (TPSA) is 96.7 Å². The second-order valence-electron chi connectivity index (χ2n) is 6.79. The maximum Gasteiger partial charge on any atom is 0.348 e. The average Bonchev–Trinajstić information content (AvgIpc) is 3.02. The summed E-state index contributed by atoms with van der Waals surface area (Å²) in [5, 5.41) is 0.330. The van der Waals surface area contributed by atoms with Crippen LogP contribution in [-0.2, 0) is 25.5 Å². The molecule has 28 heavy (non-hydrogen) atoms. The summed E-state index contributed by atoms with van der Waals surface area (Å²) in [6.45, 7) is 1.91. The number of ether oxygens (including phenoxy) is 3. The highest BCUT2D eigenvalue weighted by molar-refractivity contribution is 7.20. The van der Waals surface area contributed by atoms with E-state index in [1.54, 1.807) is 6.92 Å². The van der Waals surface area contributed by atoms with Crippen LogP contribution in [0.25, 0.3) is 10.2 Å². The predicted molar refractivity (Wildman–Crippen MR) is 104 cm³/mol. The van der Waals surface area contributed by atoms with E-state index in [-0.39, 0.29) is 24.8 Å². The SMILES string of the molecule is COCCOC(=O)c1sc2ncn(CC(=O)OC3CCCCC3)c(=O)c2c1C. The molecule has 0 N–H and O–H groups in total. The standard InChI is InChI=1S/C19H24N2O6S/c1-12-15-17(28-16(12)19(24)26-9-8-25-2)20-11-21(18(15)23)10-14(22)27-13-6-4-3-5-7-13/h11,13H,3-10H2,1-2H3. The third-order valence-electron chi connectivity index (χ3n) is 4.77. The van der Waals surface area contributed by atoms with Crippen LogP contribution in [-0.4, -0.2) is 47.9 Å². The van der Waals surface area contributed by atoms with Gasteiger partial charge in [-0.05, 0) is 38.2 Å². The number of nitrogens with zero attached hydrogens (tertiary/aromatic N) is 2. The highest BCUT2D eigenvalue weighted by Crippen LogP contribution is 2.27. The lowest BCUT2D eigenvalue weighted by molar-refractivity contribution is -0.151. The number of rotatable bonds is 7. The molecule has 0 aliphatic heterocycles. The minimum Gasteiger partial charge on any atom is -0.461 e. The Morgan fingerprint density at radius 2 is 2.00 bits per heavy atom. The molecule has 0 bridgehead atoms. The molecule has 0 saturated heterocycles. The number of carbonyl (C=O) groups is 2. The van der Waals surface area contributed by atoms with Gasteiger partial charge in [-0.1, -0.05) is 6.42 Å². The van der Waals surface area contributed by atoms with Crippen molar-refractivity contribution in [2.24, 2.45) is 0 Å². The second kappa shape index (κ2) is 9.29. The van der Waals surface area contributed by atoms with E-state index in [1.165, 1.54) is 24.4 Å². The molecule has 2 heterocycles. The Labute approximate surface area is 166 Å². The largest absolute Gasteiger partial charge is 0.461 e. The Morgan fingerprint density at radius 1 is 1.25 bits per heavy atom. The highest BCUT2D eigenvalue weighted by atomic mass is 32.1. The van der Waals surface area contributed by atoms with E-state index < -0.39 is 11.9 Å². The van der Waals surface area contributed by atoms with Crippen LogP contribution in [0.1, 0.15) is 47.3 Å². The zero-order valence-corrected chi connectivity index (χ0v) is 16.9. The van der Waals surface area contributed by atoms with Crippen LogP contribution >= 0.6 is 11.3 Å². The van der Waals surface area contributed by atoms with E-state index >= 15 is 0 Å². The Bertz CT molecular complexity index is 913. The molecule has 0 atom stereocenters. The maximum atomic E-state index is 12.8. The van der Waals surface area contributed by atoms with Crippen molar-refractivity contribution in [2.45, 2.75) is 51.7 Å². The number of carbonyl (C=O) groups excluding carboxylic acids is 2. The van der Waals surface area contributed by atoms with E-state index in [1.807, 2.05) is 0 Å². The molecular weight excluding hydrogens is 384 g/mol. The van der Waals surface area contributed by atoms with Crippen molar-refractivity contribution in [3.8, 4) is 0 Å². The van der Waals surface area contributed by atoms with Gasteiger partial charge in [0.05, 0.1) is 18.3 Å². The molecule has 9 heteroatoms. The van der Waals surface area contributed by atoms with Crippen molar-refractivity contribution < 1.29 is 23.8 Å². The van der Waals surface area contributed by atoms with Gasteiger partial charge in [0.2, 0.25) is 0 Å². The van der Waals surface area contributed by atoms with Gasteiger partial charge in [0.15, 0.2) is 0 Å². The molecule has 0 unspecified atom stereocenters. The van der Waals surface area contributed by atoms with E-state index in [0.717, 1.165) is 37.0 Å². The van der Waals surface area contributed by atoms with Crippen molar-refractivity contribution in [3.05, 3.63) is 27.1 Å². The fourth-order valence-corrected chi connectivity index (χ4v) is 4.33. The van der Waals surface area contributed by atoms with Gasteiger partial charge in [-0.3, -0.25) is 14.2 Å². The van der Waals surface area contributed by atoms with Crippen LogP contribution in [0.15, 0.2) is 11.1 Å². The molecular formula is C19H24N2O6S. The first-order chi connectivity index (χ1) is 13.5. The lowest BCUT2D eigenvalue weighted by atomic mass is 9.98. The molecule has 2 aromatic heterocycles. The van der Waals surface area contributed by atoms with E-state index in [4.69, 9.17) is 14.2 Å². The lowest BCUT2D eigenvalue weighted by Crippen LogP contribution is -2.29. The minimum absolute atomic E-state index is 0.0648. The molecule has 0 aromatic carbocycles. The molecule has 0 spiro atoms. The van der Waals surface area contributed by atoms with Crippen LogP contribution in [0.5, 0.6) is 0 Å². The number of hydrogen-bond acceptors (Lipinski definition) is 8. The zero-order valence-electron chi connectivity index (χ0n) is 16.1. The van der Waals surface area contributed by atoms with Crippen LogP contribution in [0.2, 0.25) is 0 Å².